The number of likely N-dealkylation sites (N-methyl/N-ethyl adjacent to an activating group) is 1. The van der Waals surface area contributed by atoms with Crippen LogP contribution < -0.4 is 9.80 Å². The van der Waals surface area contributed by atoms with Crippen molar-refractivity contribution in [2.45, 2.75) is 46.1 Å². The van der Waals surface area contributed by atoms with Crippen LogP contribution in [0.4, 0.5) is 11.4 Å². The lowest BCUT2D eigenvalue weighted by Gasteiger charge is -2.42. The zero-order valence-corrected chi connectivity index (χ0v) is 15.5. The van der Waals surface area contributed by atoms with E-state index < -0.39 is 0 Å². The van der Waals surface area contributed by atoms with Crippen LogP contribution in [0.2, 0.25) is 0 Å². The summed E-state index contributed by atoms with van der Waals surface area (Å²) in [6.45, 7) is 8.21. The summed E-state index contributed by atoms with van der Waals surface area (Å²) in [6.07, 6.45) is 2.45. The third-order valence-electron chi connectivity index (χ3n) is 5.08. The maximum atomic E-state index is 12.9. The highest BCUT2D eigenvalue weighted by Crippen LogP contribution is 2.35. The Bertz CT molecular complexity index is 723. The molecule has 0 fully saturated rings. The molecule has 3 nitrogen and oxygen atoms in total. The normalized spacial score (nSPS) is 16.7. The van der Waals surface area contributed by atoms with Gasteiger partial charge in [-0.05, 0) is 51.3 Å². The summed E-state index contributed by atoms with van der Waals surface area (Å²) in [4.78, 5) is 17.2. The molecule has 1 unspecified atom stereocenters. The van der Waals surface area contributed by atoms with Crippen molar-refractivity contribution in [1.29, 1.82) is 0 Å². The molecule has 0 saturated carbocycles. The second kappa shape index (κ2) is 7.73. The van der Waals surface area contributed by atoms with Crippen LogP contribution in [-0.2, 0) is 11.2 Å². The molecule has 1 aliphatic rings. The van der Waals surface area contributed by atoms with Gasteiger partial charge in [0.15, 0.2) is 0 Å². The quantitative estimate of drug-likeness (QED) is 0.798. The predicted octanol–water partition coefficient (Wildman–Crippen LogP) is 4.58. The third kappa shape index (κ3) is 3.87. The molecule has 0 N–H and O–H groups in total. The molecule has 132 valence electrons. The molecule has 0 radical (unpaired) electrons. The lowest BCUT2D eigenvalue weighted by atomic mass is 10.0. The SMILES string of the molecule is CCN1c2ccccc2N(C(=O)CCCc2ccc(C)cc2)CC1C. The number of hydrogen-bond donors (Lipinski definition) is 0. The minimum atomic E-state index is 0.238. The second-order valence-electron chi connectivity index (χ2n) is 6.97. The fourth-order valence-corrected chi connectivity index (χ4v) is 3.69. The number of benzene rings is 2. The van der Waals surface area contributed by atoms with E-state index in [-0.39, 0.29) is 5.91 Å². The van der Waals surface area contributed by atoms with Crippen LogP contribution >= 0.6 is 0 Å². The maximum Gasteiger partial charge on any atom is 0.227 e. The van der Waals surface area contributed by atoms with E-state index in [1.54, 1.807) is 0 Å². The number of hydrogen-bond acceptors (Lipinski definition) is 2. The van der Waals surface area contributed by atoms with Gasteiger partial charge in [0.1, 0.15) is 0 Å². The van der Waals surface area contributed by atoms with Crippen molar-refractivity contribution in [3.63, 3.8) is 0 Å². The van der Waals surface area contributed by atoms with Crippen LogP contribution in [-0.4, -0.2) is 25.0 Å². The van der Waals surface area contributed by atoms with Gasteiger partial charge in [-0.2, -0.15) is 0 Å². The first-order chi connectivity index (χ1) is 12.1. The van der Waals surface area contributed by atoms with Gasteiger partial charge in [-0.25, -0.2) is 0 Å². The Hall–Kier alpha value is -2.29. The topological polar surface area (TPSA) is 23.6 Å². The average Bonchev–Trinajstić information content (AvgIpc) is 2.62. The lowest BCUT2D eigenvalue weighted by molar-refractivity contribution is -0.118. The Morgan fingerprint density at radius 3 is 2.44 bits per heavy atom. The van der Waals surface area contributed by atoms with Gasteiger partial charge in [0.05, 0.1) is 11.4 Å². The highest BCUT2D eigenvalue weighted by Gasteiger charge is 2.29. The van der Waals surface area contributed by atoms with Gasteiger partial charge in [0.2, 0.25) is 5.91 Å². The number of fused-ring (bicyclic) bond motifs is 1. The zero-order valence-electron chi connectivity index (χ0n) is 15.5. The molecule has 0 spiro atoms. The van der Waals surface area contributed by atoms with Crippen molar-refractivity contribution in [3.05, 3.63) is 59.7 Å². The van der Waals surface area contributed by atoms with Crippen LogP contribution in [0.15, 0.2) is 48.5 Å². The van der Waals surface area contributed by atoms with Crippen LogP contribution in [0.3, 0.4) is 0 Å². The molecule has 3 heteroatoms. The summed E-state index contributed by atoms with van der Waals surface area (Å²) in [5.74, 6) is 0.238. The second-order valence-corrected chi connectivity index (χ2v) is 6.97. The molecular formula is C22H28N2O. The molecule has 1 atom stereocenters. The van der Waals surface area contributed by atoms with E-state index in [4.69, 9.17) is 0 Å². The molecule has 2 aromatic rings. The summed E-state index contributed by atoms with van der Waals surface area (Å²) in [5.41, 5.74) is 4.82. The predicted molar refractivity (Wildman–Crippen MR) is 105 cm³/mol. The van der Waals surface area contributed by atoms with Crippen LogP contribution in [0, 0.1) is 6.92 Å². The molecule has 1 amide bonds. The Balaban J connectivity index is 1.66. The first-order valence-corrected chi connectivity index (χ1v) is 9.31. The molecule has 1 heterocycles. The molecule has 3 rings (SSSR count). The number of nitrogens with zero attached hydrogens (tertiary/aromatic N) is 2. The fourth-order valence-electron chi connectivity index (χ4n) is 3.69. The van der Waals surface area contributed by atoms with Gasteiger partial charge in [0, 0.05) is 25.6 Å². The van der Waals surface area contributed by atoms with Gasteiger partial charge in [-0.1, -0.05) is 42.0 Å². The largest absolute Gasteiger partial charge is 0.366 e. The van der Waals surface area contributed by atoms with Crippen molar-refractivity contribution >= 4 is 17.3 Å². The van der Waals surface area contributed by atoms with Gasteiger partial charge >= 0.3 is 0 Å². The van der Waals surface area contributed by atoms with Crippen molar-refractivity contribution in [1.82, 2.24) is 0 Å². The minimum Gasteiger partial charge on any atom is -0.366 e. The summed E-state index contributed by atoms with van der Waals surface area (Å²) >= 11 is 0. The number of carbonyl (C=O) groups is 1. The summed E-state index contributed by atoms with van der Waals surface area (Å²) in [6, 6.07) is 17.2. The van der Waals surface area contributed by atoms with E-state index in [0.29, 0.717) is 12.5 Å². The molecule has 0 aliphatic carbocycles. The van der Waals surface area contributed by atoms with E-state index in [0.717, 1.165) is 31.6 Å². The summed E-state index contributed by atoms with van der Waals surface area (Å²) in [7, 11) is 0. The van der Waals surface area contributed by atoms with Crippen molar-refractivity contribution in [2.75, 3.05) is 22.9 Å². The smallest absolute Gasteiger partial charge is 0.227 e. The first kappa shape index (κ1) is 17.5. The monoisotopic (exact) mass is 336 g/mol. The van der Waals surface area contributed by atoms with Crippen molar-refractivity contribution in [3.8, 4) is 0 Å². The third-order valence-corrected chi connectivity index (χ3v) is 5.08. The number of aryl methyl sites for hydroxylation is 2. The molecular weight excluding hydrogens is 308 g/mol. The standard InChI is InChI=1S/C22H28N2O/c1-4-23-18(3)16-24(21-10-6-5-9-20(21)23)22(25)11-7-8-19-14-12-17(2)13-15-19/h5-6,9-10,12-15,18H,4,7-8,11,16H2,1-3H3. The Morgan fingerprint density at radius 2 is 1.76 bits per heavy atom. The minimum absolute atomic E-state index is 0.238. The first-order valence-electron chi connectivity index (χ1n) is 9.31. The van der Waals surface area contributed by atoms with Gasteiger partial charge in [-0.3, -0.25) is 4.79 Å². The highest BCUT2D eigenvalue weighted by atomic mass is 16.2. The van der Waals surface area contributed by atoms with E-state index in [2.05, 4.69) is 68.1 Å². The Morgan fingerprint density at radius 1 is 1.08 bits per heavy atom. The Labute approximate surface area is 151 Å². The molecule has 25 heavy (non-hydrogen) atoms. The molecule has 0 saturated heterocycles. The van der Waals surface area contributed by atoms with Gasteiger partial charge in [0.25, 0.3) is 0 Å². The molecule has 0 bridgehead atoms. The molecule has 0 aromatic heterocycles. The summed E-state index contributed by atoms with van der Waals surface area (Å²) in [5, 5.41) is 0. The van der Waals surface area contributed by atoms with Crippen LogP contribution in [0.1, 0.15) is 37.8 Å². The van der Waals surface area contributed by atoms with Crippen LogP contribution in [0.25, 0.3) is 0 Å². The lowest BCUT2D eigenvalue weighted by Crippen LogP contribution is -2.49. The summed E-state index contributed by atoms with van der Waals surface area (Å²) < 4.78 is 0. The number of amides is 1. The van der Waals surface area contributed by atoms with Gasteiger partial charge in [-0.15, -0.1) is 0 Å². The highest BCUT2D eigenvalue weighted by molar-refractivity contribution is 5.98. The Kier molecular flexibility index (Phi) is 5.42. The molecule has 1 aliphatic heterocycles. The van der Waals surface area contributed by atoms with Gasteiger partial charge < -0.3 is 9.80 Å². The number of para-hydroxylation sites is 2. The number of anilines is 2. The van der Waals surface area contributed by atoms with E-state index in [9.17, 15) is 4.79 Å². The van der Waals surface area contributed by atoms with E-state index in [1.165, 1.54) is 16.8 Å². The van der Waals surface area contributed by atoms with Crippen molar-refractivity contribution in [2.24, 2.45) is 0 Å². The zero-order chi connectivity index (χ0) is 17.8. The fraction of sp³-hybridized carbons (Fsp3) is 0.409. The number of rotatable bonds is 5. The molecule has 2 aromatic carbocycles. The van der Waals surface area contributed by atoms with E-state index in [1.807, 2.05) is 11.0 Å². The van der Waals surface area contributed by atoms with Crippen molar-refractivity contribution < 1.29 is 4.79 Å². The number of carbonyl (C=O) groups excluding carboxylic acids is 1. The average molecular weight is 336 g/mol. The van der Waals surface area contributed by atoms with Crippen LogP contribution in [0.5, 0.6) is 0 Å². The maximum absolute atomic E-state index is 12.9. The van der Waals surface area contributed by atoms with E-state index >= 15 is 0 Å².